The number of rotatable bonds is 9. The standard InChI is InChI=1S/C34H48F2N4O4.ClH/c1-23(2)40-32(43)39(21-24-7-6-18-44-22-24)31(42)33(40)19-27-10-11-28(20-33)38(27)17-14-29(25-8-4-3-5-9-25)37-30(41)26-12-15-34(35,36)16-13-26;/h3-5,8-9,23-24,26-29H,6-7,10-22H2,1-2H3,(H,37,41);1H/t24?,27?,28?,29-,33?;/m0./s1. The van der Waals surface area contributed by atoms with Crippen molar-refractivity contribution in [2.75, 3.05) is 26.3 Å². The number of amides is 4. The molecule has 1 N–H and O–H groups in total. The van der Waals surface area contributed by atoms with Gasteiger partial charge >= 0.3 is 6.03 Å². The van der Waals surface area contributed by atoms with Gasteiger partial charge < -0.3 is 15.0 Å². The predicted molar refractivity (Wildman–Crippen MR) is 169 cm³/mol. The third-order valence-electron chi connectivity index (χ3n) is 11.0. The van der Waals surface area contributed by atoms with Crippen LogP contribution in [-0.4, -0.2) is 88.4 Å². The molecular formula is C34H49ClF2N4O4. The molecule has 8 nitrogen and oxygen atoms in total. The monoisotopic (exact) mass is 650 g/mol. The molecule has 1 aliphatic carbocycles. The first kappa shape index (κ1) is 34.0. The Morgan fingerprint density at radius 2 is 1.69 bits per heavy atom. The quantitative estimate of drug-likeness (QED) is 0.334. The van der Waals surface area contributed by atoms with Gasteiger partial charge in [-0.15, -0.1) is 12.4 Å². The SMILES string of the molecule is CC(C)N1C(=O)N(CC2CCCOC2)C(=O)C12CC1CCC(C2)N1CC[C@H](NC(=O)C1CCC(F)(F)CC1)c1ccccc1.Cl. The first-order chi connectivity index (χ1) is 21.1. The van der Waals surface area contributed by atoms with Crippen molar-refractivity contribution in [1.29, 1.82) is 0 Å². The van der Waals surface area contributed by atoms with E-state index in [1.54, 1.807) is 0 Å². The molecule has 0 aromatic heterocycles. The van der Waals surface area contributed by atoms with Crippen molar-refractivity contribution >= 4 is 30.3 Å². The van der Waals surface area contributed by atoms with Gasteiger partial charge in [-0.2, -0.15) is 0 Å². The lowest BCUT2D eigenvalue weighted by Gasteiger charge is -2.48. The molecule has 5 aliphatic rings. The summed E-state index contributed by atoms with van der Waals surface area (Å²) in [7, 11) is 0. The van der Waals surface area contributed by atoms with Gasteiger partial charge in [-0.3, -0.25) is 19.4 Å². The molecule has 45 heavy (non-hydrogen) atoms. The second-order valence-electron chi connectivity index (χ2n) is 14.2. The molecule has 4 saturated heterocycles. The number of urea groups is 1. The van der Waals surface area contributed by atoms with Crippen molar-refractivity contribution < 1.29 is 27.9 Å². The molecule has 250 valence electrons. The molecule has 1 aromatic rings. The Labute approximate surface area is 272 Å². The van der Waals surface area contributed by atoms with Crippen LogP contribution in [0.1, 0.15) is 96.1 Å². The number of piperidine rings is 1. The molecule has 2 bridgehead atoms. The number of nitrogens with one attached hydrogen (secondary N) is 1. The van der Waals surface area contributed by atoms with Crippen molar-refractivity contribution in [3.05, 3.63) is 35.9 Å². The number of alkyl halides is 2. The largest absolute Gasteiger partial charge is 0.381 e. The summed E-state index contributed by atoms with van der Waals surface area (Å²) >= 11 is 0. The predicted octanol–water partition coefficient (Wildman–Crippen LogP) is 5.95. The minimum absolute atomic E-state index is 0. The van der Waals surface area contributed by atoms with E-state index in [9.17, 15) is 23.2 Å². The number of nitrogens with zero attached hydrogens (tertiary/aromatic N) is 3. The molecule has 4 atom stereocenters. The average Bonchev–Trinajstić information content (AvgIpc) is 3.36. The highest BCUT2D eigenvalue weighted by Gasteiger charge is 2.63. The summed E-state index contributed by atoms with van der Waals surface area (Å²) < 4.78 is 33.1. The summed E-state index contributed by atoms with van der Waals surface area (Å²) in [4.78, 5) is 47.1. The van der Waals surface area contributed by atoms with E-state index in [2.05, 4.69) is 10.2 Å². The molecule has 5 fully saturated rings. The Hall–Kier alpha value is -2.30. The van der Waals surface area contributed by atoms with Gasteiger partial charge in [0.1, 0.15) is 5.54 Å². The van der Waals surface area contributed by atoms with E-state index >= 15 is 0 Å². The molecule has 4 amide bonds. The van der Waals surface area contributed by atoms with Crippen LogP contribution in [0.2, 0.25) is 0 Å². The molecule has 6 rings (SSSR count). The number of hydrogen-bond acceptors (Lipinski definition) is 5. The number of ether oxygens (including phenoxy) is 1. The van der Waals surface area contributed by atoms with Crippen LogP contribution in [0.3, 0.4) is 0 Å². The normalized spacial score (nSPS) is 31.0. The van der Waals surface area contributed by atoms with Crippen molar-refractivity contribution in [2.24, 2.45) is 11.8 Å². The smallest absolute Gasteiger partial charge is 0.327 e. The van der Waals surface area contributed by atoms with E-state index in [4.69, 9.17) is 4.74 Å². The Balaban J connectivity index is 0.00000400. The molecule has 0 radical (unpaired) electrons. The highest BCUT2D eigenvalue weighted by molar-refractivity contribution is 6.07. The van der Waals surface area contributed by atoms with Crippen molar-refractivity contribution in [2.45, 2.75) is 120 Å². The van der Waals surface area contributed by atoms with Crippen molar-refractivity contribution in [3.8, 4) is 0 Å². The zero-order chi connectivity index (χ0) is 31.1. The van der Waals surface area contributed by atoms with E-state index in [1.165, 1.54) is 4.90 Å². The van der Waals surface area contributed by atoms with Crippen molar-refractivity contribution in [3.63, 3.8) is 0 Å². The van der Waals surface area contributed by atoms with Gasteiger partial charge in [-0.25, -0.2) is 13.6 Å². The lowest BCUT2D eigenvalue weighted by Crippen LogP contribution is -2.61. The minimum Gasteiger partial charge on any atom is -0.381 e. The van der Waals surface area contributed by atoms with Gasteiger partial charge in [0.15, 0.2) is 0 Å². The highest BCUT2D eigenvalue weighted by Crippen LogP contribution is 2.48. The van der Waals surface area contributed by atoms with Crippen LogP contribution in [0.25, 0.3) is 0 Å². The van der Waals surface area contributed by atoms with Crippen molar-refractivity contribution in [1.82, 2.24) is 20.0 Å². The van der Waals surface area contributed by atoms with E-state index < -0.39 is 11.5 Å². The molecule has 4 aliphatic heterocycles. The highest BCUT2D eigenvalue weighted by atomic mass is 35.5. The van der Waals surface area contributed by atoms with Crippen LogP contribution in [-0.2, 0) is 14.3 Å². The molecular weight excluding hydrogens is 602 g/mol. The number of fused-ring (bicyclic) bond motifs is 2. The van der Waals surface area contributed by atoms with Gasteiger partial charge in [-0.05, 0) is 77.2 Å². The molecule has 3 unspecified atom stereocenters. The maximum atomic E-state index is 14.2. The Morgan fingerprint density at radius 1 is 1.02 bits per heavy atom. The van der Waals surface area contributed by atoms with Gasteiger partial charge in [0.25, 0.3) is 5.91 Å². The fourth-order valence-electron chi connectivity index (χ4n) is 8.77. The molecule has 4 heterocycles. The second-order valence-corrected chi connectivity index (χ2v) is 14.2. The molecule has 11 heteroatoms. The summed E-state index contributed by atoms with van der Waals surface area (Å²) in [6, 6.07) is 9.77. The van der Waals surface area contributed by atoms with Gasteiger partial charge in [0.2, 0.25) is 11.8 Å². The van der Waals surface area contributed by atoms with E-state index in [-0.39, 0.29) is 91.9 Å². The average molecular weight is 651 g/mol. The minimum atomic E-state index is -2.67. The topological polar surface area (TPSA) is 82.2 Å². The fraction of sp³-hybridized carbons (Fsp3) is 0.735. The molecule has 1 aromatic carbocycles. The van der Waals surface area contributed by atoms with Crippen LogP contribution in [0, 0.1) is 11.8 Å². The summed E-state index contributed by atoms with van der Waals surface area (Å²) in [6.45, 7) is 6.54. The third kappa shape index (κ3) is 6.89. The van der Waals surface area contributed by atoms with Crippen LogP contribution in [0.4, 0.5) is 13.6 Å². The lowest BCUT2D eigenvalue weighted by atomic mass is 9.80. The summed E-state index contributed by atoms with van der Waals surface area (Å²) in [5.74, 6) is -3.04. The van der Waals surface area contributed by atoms with Gasteiger partial charge in [0.05, 0.1) is 12.6 Å². The van der Waals surface area contributed by atoms with Crippen LogP contribution in [0.15, 0.2) is 30.3 Å². The first-order valence-corrected chi connectivity index (χ1v) is 16.8. The fourth-order valence-corrected chi connectivity index (χ4v) is 8.77. The maximum Gasteiger partial charge on any atom is 0.327 e. The number of benzene rings is 1. The number of carbonyl (C=O) groups is 3. The van der Waals surface area contributed by atoms with Gasteiger partial charge in [0, 0.05) is 62.5 Å². The maximum absolute atomic E-state index is 14.2. The van der Waals surface area contributed by atoms with Crippen LogP contribution >= 0.6 is 12.4 Å². The Bertz CT molecular complexity index is 1190. The number of hydrogen-bond donors (Lipinski definition) is 1. The second kappa shape index (κ2) is 13.8. The first-order valence-electron chi connectivity index (χ1n) is 16.8. The van der Waals surface area contributed by atoms with E-state index in [0.717, 1.165) is 44.4 Å². The van der Waals surface area contributed by atoms with Crippen LogP contribution < -0.4 is 5.32 Å². The zero-order valence-corrected chi connectivity index (χ0v) is 27.4. The Morgan fingerprint density at radius 3 is 2.29 bits per heavy atom. The Kier molecular flexibility index (Phi) is 10.5. The number of halogens is 3. The summed E-state index contributed by atoms with van der Waals surface area (Å²) in [5.41, 5.74) is 0.201. The summed E-state index contributed by atoms with van der Waals surface area (Å²) in [5, 5.41) is 3.21. The van der Waals surface area contributed by atoms with Gasteiger partial charge in [-0.1, -0.05) is 30.3 Å². The van der Waals surface area contributed by atoms with Crippen LogP contribution in [0.5, 0.6) is 0 Å². The lowest BCUT2D eigenvalue weighted by molar-refractivity contribution is -0.139. The van der Waals surface area contributed by atoms with E-state index in [0.29, 0.717) is 32.4 Å². The number of imide groups is 1. The number of carbonyl (C=O) groups excluding carboxylic acids is 3. The zero-order valence-electron chi connectivity index (χ0n) is 26.6. The van der Waals surface area contributed by atoms with E-state index in [1.807, 2.05) is 49.1 Å². The third-order valence-corrected chi connectivity index (χ3v) is 11.0. The molecule has 1 spiro atoms. The molecule has 1 saturated carbocycles. The summed E-state index contributed by atoms with van der Waals surface area (Å²) in [6.07, 6.45) is 5.78.